The zero-order valence-electron chi connectivity index (χ0n) is 27.0. The number of ether oxygens (including phenoxy) is 4. The van der Waals surface area contributed by atoms with E-state index in [2.05, 4.69) is 34.6 Å². The first-order valence-corrected chi connectivity index (χ1v) is 17.6. The van der Waals surface area contributed by atoms with Crippen LogP contribution in [0, 0.1) is 23.7 Å². The van der Waals surface area contributed by atoms with E-state index in [4.69, 9.17) is 18.9 Å². The van der Waals surface area contributed by atoms with Crippen LogP contribution in [0.5, 0.6) is 0 Å². The fraction of sp³-hybridized carbons (Fsp3) is 0.649. The molecule has 3 N–H and O–H groups in total. The number of amides is 2. The highest BCUT2D eigenvalue weighted by Gasteiger charge is 2.51. The molecule has 3 saturated heterocycles. The van der Waals surface area contributed by atoms with Gasteiger partial charge in [0.15, 0.2) is 12.1 Å². The first-order valence-electron chi connectivity index (χ1n) is 17.6. The number of urea groups is 1. The van der Waals surface area contributed by atoms with Crippen LogP contribution in [-0.4, -0.2) is 66.3 Å². The number of aliphatic hydroxyl groups is 1. The van der Waals surface area contributed by atoms with Crippen molar-refractivity contribution in [3.05, 3.63) is 65.2 Å². The van der Waals surface area contributed by atoms with Gasteiger partial charge in [0.2, 0.25) is 0 Å². The molecule has 7 fully saturated rings. The average molecular weight is 632 g/mol. The Balaban J connectivity index is 0.946. The van der Waals surface area contributed by atoms with E-state index >= 15 is 0 Å². The Labute approximate surface area is 272 Å². The zero-order chi connectivity index (χ0) is 31.3. The number of hydrogen-bond acceptors (Lipinski definition) is 7. The van der Waals surface area contributed by atoms with Crippen LogP contribution < -0.4 is 10.6 Å². The fourth-order valence-electron chi connectivity index (χ4n) is 9.84. The van der Waals surface area contributed by atoms with Crippen molar-refractivity contribution in [1.29, 1.82) is 0 Å². The molecule has 0 unspecified atom stereocenters. The smallest absolute Gasteiger partial charge is 0.319 e. The Bertz CT molecular complexity index is 1330. The minimum atomic E-state index is -0.545. The summed E-state index contributed by atoms with van der Waals surface area (Å²) in [6.07, 6.45) is 8.42. The maximum Gasteiger partial charge on any atom is 0.319 e. The van der Waals surface area contributed by atoms with Gasteiger partial charge in [0.25, 0.3) is 0 Å². The summed E-state index contributed by atoms with van der Waals surface area (Å²) in [5, 5.41) is 16.1. The molecule has 9 nitrogen and oxygen atoms in total. The lowest BCUT2D eigenvalue weighted by Gasteiger charge is -2.56. The molecule has 2 aromatic rings. The van der Waals surface area contributed by atoms with Crippen LogP contribution in [0.25, 0.3) is 0 Å². The van der Waals surface area contributed by atoms with Gasteiger partial charge in [0, 0.05) is 55.2 Å². The summed E-state index contributed by atoms with van der Waals surface area (Å²) in [6, 6.07) is 15.8. The Morgan fingerprint density at radius 2 is 1.48 bits per heavy atom. The Morgan fingerprint density at radius 1 is 0.870 bits per heavy atom. The maximum atomic E-state index is 13.2. The molecule has 248 valence electrons. The number of piperidine rings is 1. The van der Waals surface area contributed by atoms with E-state index < -0.39 is 12.1 Å². The van der Waals surface area contributed by atoms with Crippen LogP contribution in [0.2, 0.25) is 0 Å². The number of rotatable bonds is 7. The molecule has 4 atom stereocenters. The summed E-state index contributed by atoms with van der Waals surface area (Å²) < 4.78 is 25.3. The lowest BCUT2D eigenvalue weighted by molar-refractivity contribution is -0.278. The largest absolute Gasteiger partial charge is 0.392 e. The van der Waals surface area contributed by atoms with E-state index in [0.29, 0.717) is 13.2 Å². The third kappa shape index (κ3) is 6.22. The monoisotopic (exact) mass is 631 g/mol. The molecule has 0 radical (unpaired) electrons. The third-order valence-electron chi connectivity index (χ3n) is 11.9. The van der Waals surface area contributed by atoms with Crippen LogP contribution >= 0.6 is 0 Å². The molecule has 1 spiro atoms. The minimum absolute atomic E-state index is 0.0144. The van der Waals surface area contributed by atoms with Crippen LogP contribution in [0.15, 0.2) is 48.5 Å². The second-order valence-corrected chi connectivity index (χ2v) is 15.1. The van der Waals surface area contributed by atoms with Crippen molar-refractivity contribution in [2.75, 3.05) is 38.2 Å². The van der Waals surface area contributed by atoms with Crippen molar-refractivity contribution in [1.82, 2.24) is 10.2 Å². The van der Waals surface area contributed by atoms with Crippen molar-refractivity contribution in [2.24, 2.45) is 23.7 Å². The highest BCUT2D eigenvalue weighted by atomic mass is 16.7. The quantitative estimate of drug-likeness (QED) is 0.350. The summed E-state index contributed by atoms with van der Waals surface area (Å²) >= 11 is 0. The van der Waals surface area contributed by atoms with Crippen LogP contribution in [-0.2, 0) is 25.6 Å². The summed E-state index contributed by atoms with van der Waals surface area (Å²) in [6.45, 7) is 6.18. The average Bonchev–Trinajstić information content (AvgIpc) is 3.50. The van der Waals surface area contributed by atoms with Crippen molar-refractivity contribution in [2.45, 2.75) is 94.7 Å². The van der Waals surface area contributed by atoms with Gasteiger partial charge >= 0.3 is 6.03 Å². The number of nitrogens with zero attached hydrogens (tertiary/aromatic N) is 1. The SMILES string of the molecule is C[C@@H]1[C@H](CN2CCC3(CC2)OCCO3)O[C@H](c2ccc(NC(=O)NC34CC5CC(CC(C5)C3)C4)cc2)O[C@@H]1c1ccc(CO)cc1. The van der Waals surface area contributed by atoms with Crippen molar-refractivity contribution < 1.29 is 28.8 Å². The van der Waals surface area contributed by atoms with Crippen molar-refractivity contribution in [3.8, 4) is 0 Å². The Hall–Kier alpha value is -2.53. The molecule has 2 aromatic carbocycles. The number of carbonyl (C=O) groups excluding carboxylic acids is 1. The Kier molecular flexibility index (Phi) is 8.36. The van der Waals surface area contributed by atoms with Gasteiger partial charge in [-0.25, -0.2) is 4.79 Å². The molecule has 9 rings (SSSR count). The van der Waals surface area contributed by atoms with Gasteiger partial charge in [0.1, 0.15) is 0 Å². The van der Waals surface area contributed by atoms with Crippen molar-refractivity contribution >= 4 is 11.7 Å². The standard InChI is InChI=1S/C37H49N3O6/c1-24-32(22-40-12-10-37(11-13-40)43-14-15-44-37)45-34(46-33(24)29-4-2-25(23-41)3-5-29)30-6-8-31(9-7-30)38-35(42)39-36-19-26-16-27(20-36)18-28(17-26)21-36/h2-9,24,26-28,32-34,41H,10-23H2,1H3,(H2,38,39,42)/t24-,26?,27?,28?,32+,33+,34+,36?/m1/s1. The van der Waals surface area contributed by atoms with Gasteiger partial charge in [-0.05, 0) is 79.5 Å². The van der Waals surface area contributed by atoms with E-state index in [9.17, 15) is 9.90 Å². The summed E-state index contributed by atoms with van der Waals surface area (Å²) in [7, 11) is 0. The van der Waals surface area contributed by atoms with Gasteiger partial charge in [-0.3, -0.25) is 0 Å². The summed E-state index contributed by atoms with van der Waals surface area (Å²) in [5.74, 6) is 2.06. The van der Waals surface area contributed by atoms with Gasteiger partial charge in [-0.1, -0.05) is 43.3 Å². The molecule has 2 amide bonds. The third-order valence-corrected chi connectivity index (χ3v) is 11.9. The van der Waals surface area contributed by atoms with Gasteiger partial charge < -0.3 is 39.6 Å². The van der Waals surface area contributed by atoms with E-state index in [1.54, 1.807) is 0 Å². The maximum absolute atomic E-state index is 13.2. The number of nitrogens with one attached hydrogen (secondary N) is 2. The van der Waals surface area contributed by atoms with Gasteiger partial charge in [-0.2, -0.15) is 0 Å². The fourth-order valence-corrected chi connectivity index (χ4v) is 9.84. The predicted octanol–water partition coefficient (Wildman–Crippen LogP) is 5.90. The first-order chi connectivity index (χ1) is 22.4. The number of carbonyl (C=O) groups is 1. The zero-order valence-corrected chi connectivity index (χ0v) is 27.0. The van der Waals surface area contributed by atoms with Crippen molar-refractivity contribution in [3.63, 3.8) is 0 Å². The van der Waals surface area contributed by atoms with Crippen LogP contribution in [0.1, 0.15) is 87.4 Å². The molecule has 3 heterocycles. The number of aliphatic hydroxyl groups excluding tert-OH is 1. The Morgan fingerprint density at radius 3 is 2.09 bits per heavy atom. The number of likely N-dealkylation sites (tertiary alicyclic amines) is 1. The molecular weight excluding hydrogens is 582 g/mol. The van der Waals surface area contributed by atoms with Gasteiger partial charge in [0.05, 0.1) is 32.0 Å². The molecule has 4 aliphatic carbocycles. The minimum Gasteiger partial charge on any atom is -0.392 e. The molecule has 3 aliphatic heterocycles. The molecule has 0 aromatic heterocycles. The number of benzene rings is 2. The second kappa shape index (κ2) is 12.5. The lowest BCUT2D eigenvalue weighted by atomic mass is 9.53. The lowest BCUT2D eigenvalue weighted by Crippen LogP contribution is -2.60. The van der Waals surface area contributed by atoms with E-state index in [0.717, 1.165) is 91.9 Å². The van der Waals surface area contributed by atoms with E-state index in [1.807, 2.05) is 36.4 Å². The molecule has 4 saturated carbocycles. The topological polar surface area (TPSA) is 102 Å². The molecule has 4 bridgehead atoms. The summed E-state index contributed by atoms with van der Waals surface area (Å²) in [4.78, 5) is 15.6. The van der Waals surface area contributed by atoms with E-state index in [-0.39, 0.29) is 36.3 Å². The first kappa shape index (κ1) is 30.8. The molecule has 9 heteroatoms. The van der Waals surface area contributed by atoms with Crippen LogP contribution in [0.4, 0.5) is 10.5 Å². The van der Waals surface area contributed by atoms with E-state index in [1.165, 1.54) is 19.3 Å². The second-order valence-electron chi connectivity index (χ2n) is 15.1. The van der Waals surface area contributed by atoms with Gasteiger partial charge in [-0.15, -0.1) is 0 Å². The highest BCUT2D eigenvalue weighted by Crippen LogP contribution is 2.55. The molecular formula is C37H49N3O6. The molecule has 46 heavy (non-hydrogen) atoms. The van der Waals surface area contributed by atoms with Crippen LogP contribution in [0.3, 0.4) is 0 Å². The number of anilines is 1. The highest BCUT2D eigenvalue weighted by molar-refractivity contribution is 5.89. The normalized spacial score (nSPS) is 36.6. The molecule has 7 aliphatic rings. The predicted molar refractivity (Wildman–Crippen MR) is 173 cm³/mol. The summed E-state index contributed by atoms with van der Waals surface area (Å²) in [5.41, 5.74) is 3.62. The number of hydrogen-bond donors (Lipinski definition) is 3.